The standard InChI is InChI=1S/C85H125N21O19S2/c1-45-19-17-22-56-54(43-94-66(45)56)41-62-75(117)96-57(24-18-35-93-82(91)124)72(114)105-69(84(8,9)127-126-83(6,7)68(95-49(5)110)79(121)101-63(42-65(89)111)76(118)104-67(47(3)108)78(120)99-62)80(122)100-60(39-50-26-29-55(30-27-50)125-36-33-87)74(116)98-61(40-51-25-28-52-20-11-12-21-53(52)38-51)77(119)106-85(10,31-14-15-32-86)81(123)103-58(23-13-16-34-92-48(4)109)71(113)97-59(37-46(2)88)73(115)102-64(44-107)70(90)112/h11-12,17,19-22,25-30,38,43,46-47,57-64,67-69,94,107-108H,13-16,18,23-24,31-37,39-42,44,86-88H2,1-10H3,(H2,89,111)(H2,90,112)(H,92,109)(H,95,110)(H,96,117)(H,97,113)(H,98,116)(H,99,120)(H,100,122)(H,101,121)(H,102,115)(H,103,123)(H,104,118)(H,105,114)(H,106,119)(H3,91,93,124)/t46?,47-,57+,58+,59+,60+,61+,62+,63+,64-,67+,68-,69-,85+/m1/s1. The number of fused-ring (bicyclic) bond motifs is 2. The van der Waals surface area contributed by atoms with E-state index in [-0.39, 0.29) is 96.5 Å². The number of nitrogens with one attached hydrogen (secondary N) is 15. The molecule has 127 heavy (non-hydrogen) atoms. The van der Waals surface area contributed by atoms with Gasteiger partial charge in [0.1, 0.15) is 84.4 Å². The van der Waals surface area contributed by atoms with Crippen LogP contribution in [0.2, 0.25) is 0 Å². The SMILES string of the molecule is CC(=O)NCCCC[C@H](NC(=O)[C@](C)(CCCCN)NC(=O)[C@H](Cc1ccc2ccccc2c1)NC(=O)[C@H](Cc1ccc(OCCN)cc1)NC(=O)[C@H]1NC(=O)[C@H](CCCNC(N)=O)NC(=O)[C@H](Cc2c[nH]c3c(C)cccc23)NC(=O)[C@H]([C@@H](C)O)NC(=O)[C@H](CC(N)=O)NC(=O)[C@@H](NC(C)=O)C(C)(C)SSC1(C)C)C(=O)N[C@@H](CC(C)N)C(=O)N[C@H](CO)C(N)=O. The molecule has 1 aromatic heterocycles. The van der Waals surface area contributed by atoms with Crippen LogP contribution >= 0.6 is 21.6 Å². The molecule has 0 aliphatic carbocycles. The largest absolute Gasteiger partial charge is 0.492 e. The van der Waals surface area contributed by atoms with Gasteiger partial charge in [-0.05, 0) is 165 Å². The first-order valence-electron chi connectivity index (χ1n) is 41.9. The molecule has 29 N–H and O–H groups in total. The number of unbranched alkanes of at least 4 members (excludes halogenated alkanes) is 2. The molecule has 1 saturated heterocycles. The molecule has 14 atom stereocenters. The normalized spacial score (nSPS) is 19.7. The van der Waals surface area contributed by atoms with Gasteiger partial charge in [0, 0.05) is 85.4 Å². The maximum Gasteiger partial charge on any atom is 0.312 e. The number of carbonyl (C=O) groups excluding carboxylic acids is 16. The molecule has 17 amide bonds. The molecule has 1 aliphatic rings. The van der Waals surface area contributed by atoms with E-state index in [2.05, 4.69) is 79.4 Å². The van der Waals surface area contributed by atoms with Crippen molar-refractivity contribution in [1.29, 1.82) is 0 Å². The fraction of sp³-hybridized carbons (Fsp3) is 0.529. The number of benzene rings is 4. The Labute approximate surface area is 744 Å². The summed E-state index contributed by atoms with van der Waals surface area (Å²) >= 11 is 0. The third-order valence-electron chi connectivity index (χ3n) is 21.1. The highest BCUT2D eigenvalue weighted by atomic mass is 33.1. The molecule has 42 heteroatoms. The Balaban J connectivity index is 1.54. The predicted octanol–water partition coefficient (Wildman–Crippen LogP) is -2.47. The van der Waals surface area contributed by atoms with Crippen molar-refractivity contribution in [3.05, 3.63) is 113 Å². The second-order valence-electron chi connectivity index (χ2n) is 33.0. The summed E-state index contributed by atoms with van der Waals surface area (Å²) in [6, 6.07) is 3.83. The zero-order valence-corrected chi connectivity index (χ0v) is 74.8. The molecule has 0 saturated carbocycles. The number of amides is 17. The fourth-order valence-corrected chi connectivity index (χ4v) is 16.9. The summed E-state index contributed by atoms with van der Waals surface area (Å²) < 4.78 is 2.54. The van der Waals surface area contributed by atoms with Crippen LogP contribution in [-0.4, -0.2) is 243 Å². The minimum absolute atomic E-state index is 0.0933. The van der Waals surface area contributed by atoms with Gasteiger partial charge < -0.3 is 129 Å². The Morgan fingerprint density at radius 1 is 0.598 bits per heavy atom. The number of aryl methyl sites for hydroxylation is 1. The second kappa shape index (κ2) is 49.4. The van der Waals surface area contributed by atoms with Gasteiger partial charge in [-0.15, -0.1) is 0 Å². The second-order valence-corrected chi connectivity index (χ2v) is 36.4. The van der Waals surface area contributed by atoms with E-state index >= 15 is 28.8 Å². The molecule has 5 aromatic rings. The van der Waals surface area contributed by atoms with E-state index < -0.39 is 202 Å². The third-order valence-corrected chi connectivity index (χ3v) is 25.3. The number of ether oxygens (including phenoxy) is 1. The van der Waals surface area contributed by atoms with Gasteiger partial charge in [0.25, 0.3) is 0 Å². The van der Waals surface area contributed by atoms with Gasteiger partial charge in [-0.3, -0.25) is 71.9 Å². The first-order chi connectivity index (χ1) is 59.9. The summed E-state index contributed by atoms with van der Waals surface area (Å²) in [6.07, 6.45) is -2.05. The van der Waals surface area contributed by atoms with Crippen molar-refractivity contribution < 1.29 is 91.7 Å². The highest BCUT2D eigenvalue weighted by molar-refractivity contribution is 8.77. The number of carbonyl (C=O) groups is 16. The zero-order chi connectivity index (χ0) is 94.2. The van der Waals surface area contributed by atoms with E-state index in [9.17, 15) is 58.2 Å². The van der Waals surface area contributed by atoms with E-state index in [1.807, 2.05) is 31.2 Å². The highest BCUT2D eigenvalue weighted by Crippen LogP contribution is 2.47. The van der Waals surface area contributed by atoms with Crippen molar-refractivity contribution in [3.8, 4) is 5.75 Å². The van der Waals surface area contributed by atoms with Crippen molar-refractivity contribution in [2.24, 2.45) is 34.4 Å². The Bertz CT molecular complexity index is 4710. The average molecular weight is 1810 g/mol. The van der Waals surface area contributed by atoms with Gasteiger partial charge in [-0.1, -0.05) is 94.4 Å². The van der Waals surface area contributed by atoms with Crippen LogP contribution in [0.3, 0.4) is 0 Å². The molecule has 40 nitrogen and oxygen atoms in total. The minimum atomic E-state index is -2.00. The van der Waals surface area contributed by atoms with Crippen LogP contribution in [0.4, 0.5) is 4.79 Å². The van der Waals surface area contributed by atoms with Crippen LogP contribution in [0.5, 0.6) is 5.75 Å². The molecule has 696 valence electrons. The number of H-pyrrole nitrogens is 1. The van der Waals surface area contributed by atoms with E-state index in [4.69, 9.17) is 39.1 Å². The van der Waals surface area contributed by atoms with Gasteiger partial charge >= 0.3 is 6.03 Å². The summed E-state index contributed by atoms with van der Waals surface area (Å²) in [4.78, 5) is 233. The van der Waals surface area contributed by atoms with Crippen LogP contribution < -0.4 is 114 Å². The van der Waals surface area contributed by atoms with Crippen LogP contribution in [0.25, 0.3) is 21.7 Å². The van der Waals surface area contributed by atoms with Gasteiger partial charge in [0.05, 0.1) is 19.1 Å². The van der Waals surface area contributed by atoms with Crippen molar-refractivity contribution in [1.82, 2.24) is 79.4 Å². The van der Waals surface area contributed by atoms with Gasteiger partial charge in [0.2, 0.25) is 88.6 Å². The maximum absolute atomic E-state index is 16.3. The molecule has 0 bridgehead atoms. The maximum atomic E-state index is 16.3. The number of aromatic nitrogens is 1. The Hall–Kier alpha value is -11.7. The Morgan fingerprint density at radius 2 is 1.20 bits per heavy atom. The summed E-state index contributed by atoms with van der Waals surface area (Å²) in [5.41, 5.74) is 35.3. The molecule has 4 aromatic carbocycles. The molecular weight excluding hydrogens is 1680 g/mol. The number of aromatic amines is 1. The fourth-order valence-electron chi connectivity index (χ4n) is 14.0. The Kier molecular flexibility index (Phi) is 40.5. The summed E-state index contributed by atoms with van der Waals surface area (Å²) in [6.45, 7) is 13.8. The topological polar surface area (TPSA) is 663 Å². The number of primary amides is 3. The number of hydrogen-bond acceptors (Lipinski definition) is 24. The van der Waals surface area contributed by atoms with E-state index in [1.165, 1.54) is 41.5 Å². The Morgan fingerprint density at radius 3 is 1.83 bits per heavy atom. The highest BCUT2D eigenvalue weighted by Gasteiger charge is 2.47. The van der Waals surface area contributed by atoms with E-state index in [0.717, 1.165) is 51.8 Å². The van der Waals surface area contributed by atoms with Gasteiger partial charge in [-0.2, -0.15) is 0 Å². The summed E-state index contributed by atoms with van der Waals surface area (Å²) in [5, 5.41) is 60.2. The number of rotatable bonds is 42. The minimum Gasteiger partial charge on any atom is -0.492 e. The smallest absolute Gasteiger partial charge is 0.312 e. The molecular formula is C85H125N21O19S2. The molecule has 1 unspecified atom stereocenters. The molecule has 2 heterocycles. The number of aliphatic hydroxyl groups is 2. The van der Waals surface area contributed by atoms with Crippen molar-refractivity contribution in [2.75, 3.05) is 39.4 Å². The lowest BCUT2D eigenvalue weighted by Crippen LogP contribution is -2.65. The first-order valence-corrected chi connectivity index (χ1v) is 44.1. The molecule has 6 rings (SSSR count). The van der Waals surface area contributed by atoms with Crippen LogP contribution in [-0.2, 0) is 91.2 Å². The number of nitrogens with two attached hydrogens (primary N) is 6. The monoisotopic (exact) mass is 1810 g/mol. The number of hydrogen-bond donors (Lipinski definition) is 23. The molecule has 1 fully saturated rings. The van der Waals surface area contributed by atoms with Crippen LogP contribution in [0, 0.1) is 6.92 Å². The lowest BCUT2D eigenvalue weighted by molar-refractivity contribution is -0.138. The average Bonchev–Trinajstić information content (AvgIpc) is 1.62. The number of urea groups is 1. The third kappa shape index (κ3) is 32.6. The van der Waals surface area contributed by atoms with Gasteiger partial charge in [0.15, 0.2) is 0 Å². The number of aliphatic hydroxyl groups excluding tert-OH is 2. The van der Waals surface area contributed by atoms with Crippen molar-refractivity contribution in [2.45, 2.75) is 246 Å². The molecule has 0 spiro atoms. The van der Waals surface area contributed by atoms with E-state index in [0.29, 0.717) is 46.2 Å². The summed E-state index contributed by atoms with van der Waals surface area (Å²) in [5.74, 6) is -14.4. The molecule has 0 radical (unpaired) electrons. The lowest BCUT2D eigenvalue weighted by Gasteiger charge is -2.39. The lowest BCUT2D eigenvalue weighted by atomic mass is 9.91. The van der Waals surface area contributed by atoms with E-state index in [1.54, 1.807) is 73.8 Å². The van der Waals surface area contributed by atoms with Gasteiger partial charge in [-0.25, -0.2) is 4.79 Å². The van der Waals surface area contributed by atoms with Crippen LogP contribution in [0.15, 0.2) is 91.1 Å². The zero-order valence-electron chi connectivity index (χ0n) is 73.2. The predicted molar refractivity (Wildman–Crippen MR) is 478 cm³/mol. The van der Waals surface area contributed by atoms with Crippen molar-refractivity contribution >= 4 is 138 Å². The summed E-state index contributed by atoms with van der Waals surface area (Å²) in [7, 11) is 1.78. The van der Waals surface area contributed by atoms with Crippen LogP contribution in [0.1, 0.15) is 149 Å². The molecule has 1 aliphatic heterocycles. The quantitative estimate of drug-likeness (QED) is 0.0142. The van der Waals surface area contributed by atoms with Crippen molar-refractivity contribution in [3.63, 3.8) is 0 Å². The first kappa shape index (κ1) is 104. The number of para-hydroxylation sites is 1.